The number of nitro benzene ring substituents is 1. The molecule has 1 amide bonds. The van der Waals surface area contributed by atoms with Gasteiger partial charge in [0.05, 0.1) is 4.92 Å². The number of carbonyl (C=O) groups is 1. The largest absolute Gasteiger partial charge is 0.368 e. The number of anilines is 2. The predicted octanol–water partition coefficient (Wildman–Crippen LogP) is 2.98. The molecule has 118 valence electrons. The van der Waals surface area contributed by atoms with E-state index in [0.717, 1.165) is 17.7 Å². The van der Waals surface area contributed by atoms with Gasteiger partial charge >= 0.3 is 0 Å². The summed E-state index contributed by atoms with van der Waals surface area (Å²) < 4.78 is 0. The Balaban J connectivity index is 1.78. The average Bonchev–Trinajstić information content (AvgIpc) is 2.98. The number of carbonyl (C=O) groups excluding carboxylic acids is 1. The standard InChI is InChI=1S/C17H17N3O3/c1-12(18-14-7-3-5-9-16(14)20(22)23)17(21)19-11-10-13-6-2-4-8-15(13)19/h2-9,12,18H,10-11H2,1H3. The molecule has 1 atom stereocenters. The second-order valence-corrected chi connectivity index (χ2v) is 5.51. The Morgan fingerprint density at radius 2 is 1.91 bits per heavy atom. The van der Waals surface area contributed by atoms with Gasteiger partial charge in [0, 0.05) is 18.3 Å². The van der Waals surface area contributed by atoms with E-state index in [0.29, 0.717) is 12.2 Å². The van der Waals surface area contributed by atoms with Gasteiger partial charge in [0.1, 0.15) is 11.7 Å². The Bertz CT molecular complexity index is 760. The minimum absolute atomic E-state index is 0.0334. The maximum atomic E-state index is 12.7. The number of amides is 1. The highest BCUT2D eigenvalue weighted by atomic mass is 16.6. The number of nitrogens with zero attached hydrogens (tertiary/aromatic N) is 2. The van der Waals surface area contributed by atoms with Crippen molar-refractivity contribution >= 4 is 23.0 Å². The number of fused-ring (bicyclic) bond motifs is 1. The predicted molar refractivity (Wildman–Crippen MR) is 88.7 cm³/mol. The van der Waals surface area contributed by atoms with Crippen molar-refractivity contribution in [2.24, 2.45) is 0 Å². The van der Waals surface area contributed by atoms with Gasteiger partial charge in [-0.25, -0.2) is 0 Å². The third kappa shape index (κ3) is 2.88. The summed E-state index contributed by atoms with van der Waals surface area (Å²) in [6.07, 6.45) is 0.833. The van der Waals surface area contributed by atoms with Gasteiger partial charge in [-0.1, -0.05) is 30.3 Å². The Labute approximate surface area is 133 Å². The van der Waals surface area contributed by atoms with Gasteiger partial charge in [-0.3, -0.25) is 14.9 Å². The van der Waals surface area contributed by atoms with Crippen LogP contribution in [0.2, 0.25) is 0 Å². The minimum atomic E-state index is -0.553. The summed E-state index contributed by atoms with van der Waals surface area (Å²) in [5.41, 5.74) is 2.40. The van der Waals surface area contributed by atoms with Gasteiger partial charge in [-0.15, -0.1) is 0 Å². The Hall–Kier alpha value is -2.89. The number of hydrogen-bond donors (Lipinski definition) is 1. The molecule has 0 aliphatic carbocycles. The lowest BCUT2D eigenvalue weighted by Crippen LogP contribution is -2.40. The second-order valence-electron chi connectivity index (χ2n) is 5.51. The lowest BCUT2D eigenvalue weighted by atomic mass is 10.2. The number of para-hydroxylation sites is 3. The molecule has 1 N–H and O–H groups in total. The average molecular weight is 311 g/mol. The molecule has 1 aliphatic heterocycles. The number of nitro groups is 1. The molecular weight excluding hydrogens is 294 g/mol. The van der Waals surface area contributed by atoms with Crippen molar-refractivity contribution in [3.05, 3.63) is 64.2 Å². The van der Waals surface area contributed by atoms with Crippen LogP contribution in [0.15, 0.2) is 48.5 Å². The summed E-state index contributed by atoms with van der Waals surface area (Å²) in [6.45, 7) is 2.36. The molecule has 2 aromatic rings. The molecule has 6 nitrogen and oxygen atoms in total. The van der Waals surface area contributed by atoms with Gasteiger partial charge in [0.25, 0.3) is 5.69 Å². The quantitative estimate of drug-likeness (QED) is 0.695. The van der Waals surface area contributed by atoms with Crippen LogP contribution in [0.1, 0.15) is 12.5 Å². The van der Waals surface area contributed by atoms with E-state index in [1.54, 1.807) is 30.0 Å². The molecule has 0 saturated carbocycles. The Morgan fingerprint density at radius 3 is 2.70 bits per heavy atom. The lowest BCUT2D eigenvalue weighted by Gasteiger charge is -2.23. The molecule has 2 aromatic carbocycles. The first-order chi connectivity index (χ1) is 11.1. The smallest absolute Gasteiger partial charge is 0.292 e. The van der Waals surface area contributed by atoms with Crippen LogP contribution >= 0.6 is 0 Å². The number of benzene rings is 2. The number of nitrogens with one attached hydrogen (secondary N) is 1. The summed E-state index contributed by atoms with van der Waals surface area (Å²) in [5.74, 6) is -0.0897. The highest BCUT2D eigenvalue weighted by Crippen LogP contribution is 2.29. The normalized spacial score (nSPS) is 14.2. The fraction of sp³-hybridized carbons (Fsp3) is 0.235. The number of hydrogen-bond acceptors (Lipinski definition) is 4. The zero-order valence-corrected chi connectivity index (χ0v) is 12.7. The van der Waals surface area contributed by atoms with E-state index >= 15 is 0 Å². The molecule has 6 heteroatoms. The topological polar surface area (TPSA) is 75.5 Å². The van der Waals surface area contributed by atoms with Crippen LogP contribution in [0.5, 0.6) is 0 Å². The summed E-state index contributed by atoms with van der Waals surface area (Å²) in [5, 5.41) is 14.0. The van der Waals surface area contributed by atoms with Crippen LogP contribution in [0, 0.1) is 10.1 Å². The minimum Gasteiger partial charge on any atom is -0.368 e. The van der Waals surface area contributed by atoms with Crippen LogP contribution in [0.4, 0.5) is 17.1 Å². The molecule has 0 aromatic heterocycles. The van der Waals surface area contributed by atoms with Crippen molar-refractivity contribution in [1.82, 2.24) is 0 Å². The van der Waals surface area contributed by atoms with Crippen LogP contribution in [-0.4, -0.2) is 23.4 Å². The SMILES string of the molecule is CC(Nc1ccccc1[N+](=O)[O-])C(=O)N1CCc2ccccc21. The molecule has 0 radical (unpaired) electrons. The fourth-order valence-corrected chi connectivity index (χ4v) is 2.85. The van der Waals surface area contributed by atoms with Crippen molar-refractivity contribution in [3.8, 4) is 0 Å². The molecule has 0 bridgehead atoms. The van der Waals surface area contributed by atoms with Crippen molar-refractivity contribution in [2.45, 2.75) is 19.4 Å². The maximum absolute atomic E-state index is 12.7. The van der Waals surface area contributed by atoms with Gasteiger partial charge in [-0.05, 0) is 31.0 Å². The molecule has 0 saturated heterocycles. The zero-order valence-electron chi connectivity index (χ0n) is 12.7. The third-order valence-electron chi connectivity index (χ3n) is 4.00. The van der Waals surface area contributed by atoms with Gasteiger partial charge in [-0.2, -0.15) is 0 Å². The van der Waals surface area contributed by atoms with E-state index in [-0.39, 0.29) is 11.6 Å². The molecule has 0 spiro atoms. The van der Waals surface area contributed by atoms with Gasteiger partial charge in [0.2, 0.25) is 5.91 Å². The summed E-state index contributed by atoms with van der Waals surface area (Å²) in [7, 11) is 0. The fourth-order valence-electron chi connectivity index (χ4n) is 2.85. The van der Waals surface area contributed by atoms with E-state index in [9.17, 15) is 14.9 Å². The van der Waals surface area contributed by atoms with Crippen molar-refractivity contribution < 1.29 is 9.72 Å². The highest BCUT2D eigenvalue weighted by molar-refractivity contribution is 6.00. The molecular formula is C17H17N3O3. The van der Waals surface area contributed by atoms with Crippen molar-refractivity contribution in [2.75, 3.05) is 16.8 Å². The lowest BCUT2D eigenvalue weighted by molar-refractivity contribution is -0.384. The van der Waals surface area contributed by atoms with Crippen LogP contribution in [0.3, 0.4) is 0 Å². The van der Waals surface area contributed by atoms with Gasteiger partial charge < -0.3 is 10.2 Å². The monoisotopic (exact) mass is 311 g/mol. The second kappa shape index (κ2) is 6.08. The van der Waals surface area contributed by atoms with Crippen LogP contribution < -0.4 is 10.2 Å². The third-order valence-corrected chi connectivity index (χ3v) is 4.00. The Morgan fingerprint density at radius 1 is 1.22 bits per heavy atom. The number of rotatable bonds is 4. The van der Waals surface area contributed by atoms with Crippen LogP contribution in [0.25, 0.3) is 0 Å². The molecule has 23 heavy (non-hydrogen) atoms. The van der Waals surface area contributed by atoms with E-state index in [1.807, 2.05) is 24.3 Å². The van der Waals surface area contributed by atoms with E-state index < -0.39 is 11.0 Å². The molecule has 1 aliphatic rings. The van der Waals surface area contributed by atoms with Crippen molar-refractivity contribution in [3.63, 3.8) is 0 Å². The molecule has 1 heterocycles. The van der Waals surface area contributed by atoms with Crippen LogP contribution in [-0.2, 0) is 11.2 Å². The molecule has 3 rings (SSSR count). The summed E-state index contributed by atoms with van der Waals surface area (Å²) in [6, 6.07) is 13.6. The summed E-state index contributed by atoms with van der Waals surface area (Å²) in [4.78, 5) is 25.0. The highest BCUT2D eigenvalue weighted by Gasteiger charge is 2.28. The first-order valence-corrected chi connectivity index (χ1v) is 7.47. The maximum Gasteiger partial charge on any atom is 0.292 e. The van der Waals surface area contributed by atoms with E-state index in [1.165, 1.54) is 6.07 Å². The van der Waals surface area contributed by atoms with Crippen molar-refractivity contribution in [1.29, 1.82) is 0 Å². The summed E-state index contributed by atoms with van der Waals surface area (Å²) >= 11 is 0. The van der Waals surface area contributed by atoms with Gasteiger partial charge in [0.15, 0.2) is 0 Å². The zero-order chi connectivity index (χ0) is 16.4. The van der Waals surface area contributed by atoms with E-state index in [4.69, 9.17) is 0 Å². The first-order valence-electron chi connectivity index (χ1n) is 7.47. The first kappa shape index (κ1) is 15.0. The molecule has 1 unspecified atom stereocenters. The Kier molecular flexibility index (Phi) is 3.97. The van der Waals surface area contributed by atoms with E-state index in [2.05, 4.69) is 5.32 Å². The molecule has 0 fully saturated rings.